The van der Waals surface area contributed by atoms with Gasteiger partial charge >= 0.3 is 0 Å². The van der Waals surface area contributed by atoms with Crippen molar-refractivity contribution in [3.8, 4) is 0 Å². The molecule has 0 aromatic carbocycles. The van der Waals surface area contributed by atoms with Crippen LogP contribution >= 0.6 is 0 Å². The minimum Gasteiger partial charge on any atom is -0.309 e. The SMILES string of the molecule is CC1CCC(C)(C)NC1C. The minimum absolute atomic E-state index is 0.381. The highest BCUT2D eigenvalue weighted by molar-refractivity contribution is 4.88. The van der Waals surface area contributed by atoms with E-state index in [0.717, 1.165) is 5.92 Å². The molecular formula is C9H19N. The maximum Gasteiger partial charge on any atom is 0.0127 e. The lowest BCUT2D eigenvalue weighted by atomic mass is 9.83. The van der Waals surface area contributed by atoms with Crippen LogP contribution in [0.25, 0.3) is 0 Å². The van der Waals surface area contributed by atoms with Crippen molar-refractivity contribution in [1.29, 1.82) is 0 Å². The van der Waals surface area contributed by atoms with E-state index in [9.17, 15) is 0 Å². The fourth-order valence-electron chi connectivity index (χ4n) is 1.67. The molecular weight excluding hydrogens is 122 g/mol. The molecule has 1 nitrogen and oxygen atoms in total. The van der Waals surface area contributed by atoms with Gasteiger partial charge in [0.1, 0.15) is 0 Å². The fourth-order valence-corrected chi connectivity index (χ4v) is 1.67. The van der Waals surface area contributed by atoms with E-state index in [-0.39, 0.29) is 0 Å². The highest BCUT2D eigenvalue weighted by Gasteiger charge is 2.28. The zero-order chi connectivity index (χ0) is 7.78. The van der Waals surface area contributed by atoms with Crippen molar-refractivity contribution < 1.29 is 0 Å². The molecule has 10 heavy (non-hydrogen) atoms. The Morgan fingerprint density at radius 2 is 1.90 bits per heavy atom. The minimum atomic E-state index is 0.381. The molecule has 0 aromatic rings. The maximum atomic E-state index is 3.61. The van der Waals surface area contributed by atoms with Gasteiger partial charge in [0.25, 0.3) is 0 Å². The second-order valence-corrected chi connectivity index (χ2v) is 4.33. The molecule has 0 radical (unpaired) electrons. The zero-order valence-corrected chi connectivity index (χ0v) is 7.57. The van der Waals surface area contributed by atoms with Gasteiger partial charge in [-0.1, -0.05) is 6.92 Å². The average Bonchev–Trinajstić information content (AvgIpc) is 1.79. The fraction of sp³-hybridized carbons (Fsp3) is 1.00. The summed E-state index contributed by atoms with van der Waals surface area (Å²) >= 11 is 0. The van der Waals surface area contributed by atoms with Gasteiger partial charge in [-0.05, 0) is 39.5 Å². The Bertz CT molecular complexity index is 118. The Kier molecular flexibility index (Phi) is 2.04. The third kappa shape index (κ3) is 1.72. The summed E-state index contributed by atoms with van der Waals surface area (Å²) < 4.78 is 0. The third-order valence-electron chi connectivity index (χ3n) is 2.70. The van der Waals surface area contributed by atoms with E-state index in [1.807, 2.05) is 0 Å². The lowest BCUT2D eigenvalue weighted by Gasteiger charge is -2.39. The molecule has 2 unspecified atom stereocenters. The first-order valence-corrected chi connectivity index (χ1v) is 4.29. The summed E-state index contributed by atoms with van der Waals surface area (Å²) in [4.78, 5) is 0. The predicted octanol–water partition coefficient (Wildman–Crippen LogP) is 2.17. The van der Waals surface area contributed by atoms with Crippen LogP contribution in [0.3, 0.4) is 0 Å². The summed E-state index contributed by atoms with van der Waals surface area (Å²) in [6.07, 6.45) is 2.69. The Labute approximate surface area is 64.2 Å². The molecule has 0 aliphatic carbocycles. The molecule has 2 atom stereocenters. The van der Waals surface area contributed by atoms with E-state index in [2.05, 4.69) is 33.0 Å². The van der Waals surface area contributed by atoms with Crippen LogP contribution in [0.2, 0.25) is 0 Å². The van der Waals surface area contributed by atoms with E-state index >= 15 is 0 Å². The summed E-state index contributed by atoms with van der Waals surface area (Å²) in [5, 5.41) is 3.61. The summed E-state index contributed by atoms with van der Waals surface area (Å²) in [6, 6.07) is 0.698. The molecule has 0 aromatic heterocycles. The monoisotopic (exact) mass is 141 g/mol. The number of piperidine rings is 1. The number of nitrogens with one attached hydrogen (secondary N) is 1. The highest BCUT2D eigenvalue weighted by Crippen LogP contribution is 2.25. The molecule has 1 fully saturated rings. The topological polar surface area (TPSA) is 12.0 Å². The first-order valence-electron chi connectivity index (χ1n) is 4.29. The average molecular weight is 141 g/mol. The predicted molar refractivity (Wildman–Crippen MR) is 45.1 cm³/mol. The third-order valence-corrected chi connectivity index (χ3v) is 2.70. The summed E-state index contributed by atoms with van der Waals surface area (Å²) in [5.74, 6) is 0.855. The lowest BCUT2D eigenvalue weighted by molar-refractivity contribution is 0.198. The van der Waals surface area contributed by atoms with E-state index in [1.165, 1.54) is 12.8 Å². The van der Waals surface area contributed by atoms with Crippen molar-refractivity contribution >= 4 is 0 Å². The second kappa shape index (κ2) is 2.54. The first kappa shape index (κ1) is 8.06. The maximum absolute atomic E-state index is 3.61. The van der Waals surface area contributed by atoms with Gasteiger partial charge in [0.2, 0.25) is 0 Å². The summed E-state index contributed by atoms with van der Waals surface area (Å²) in [5.41, 5.74) is 0.381. The van der Waals surface area contributed by atoms with E-state index in [1.54, 1.807) is 0 Å². The quantitative estimate of drug-likeness (QED) is 0.545. The first-order chi connectivity index (χ1) is 4.51. The Morgan fingerprint density at radius 1 is 1.30 bits per heavy atom. The molecule has 0 saturated carbocycles. The number of hydrogen-bond acceptors (Lipinski definition) is 1. The van der Waals surface area contributed by atoms with Crippen LogP contribution in [0.5, 0.6) is 0 Å². The Morgan fingerprint density at radius 3 is 2.30 bits per heavy atom. The van der Waals surface area contributed by atoms with Crippen molar-refractivity contribution in [2.45, 2.75) is 52.1 Å². The molecule has 1 aliphatic rings. The van der Waals surface area contributed by atoms with Crippen molar-refractivity contribution in [3.63, 3.8) is 0 Å². The molecule has 0 spiro atoms. The van der Waals surface area contributed by atoms with Crippen molar-refractivity contribution in [2.75, 3.05) is 0 Å². The molecule has 1 heterocycles. The molecule has 1 aliphatic heterocycles. The normalized spacial score (nSPS) is 39.6. The lowest BCUT2D eigenvalue weighted by Crippen LogP contribution is -2.51. The van der Waals surface area contributed by atoms with Gasteiger partial charge in [0.05, 0.1) is 0 Å². The van der Waals surface area contributed by atoms with E-state index < -0.39 is 0 Å². The standard InChI is InChI=1S/C9H19N/c1-7-5-6-9(3,4)10-8(7)2/h7-8,10H,5-6H2,1-4H3. The molecule has 0 amide bonds. The van der Waals surface area contributed by atoms with E-state index in [0.29, 0.717) is 11.6 Å². The molecule has 60 valence electrons. The molecule has 1 saturated heterocycles. The van der Waals surface area contributed by atoms with Gasteiger partial charge in [-0.3, -0.25) is 0 Å². The molecule has 1 N–H and O–H groups in total. The van der Waals surface area contributed by atoms with Gasteiger partial charge in [-0.25, -0.2) is 0 Å². The molecule has 0 bridgehead atoms. The Hall–Kier alpha value is -0.0400. The van der Waals surface area contributed by atoms with Gasteiger partial charge in [0, 0.05) is 11.6 Å². The van der Waals surface area contributed by atoms with Crippen molar-refractivity contribution in [3.05, 3.63) is 0 Å². The number of hydrogen-bond donors (Lipinski definition) is 1. The van der Waals surface area contributed by atoms with Crippen LogP contribution in [0.1, 0.15) is 40.5 Å². The van der Waals surface area contributed by atoms with Crippen LogP contribution in [0.15, 0.2) is 0 Å². The molecule has 1 rings (SSSR count). The van der Waals surface area contributed by atoms with Gasteiger partial charge < -0.3 is 5.32 Å². The number of rotatable bonds is 0. The summed E-state index contributed by atoms with van der Waals surface area (Å²) in [7, 11) is 0. The Balaban J connectivity index is 2.49. The molecule has 1 heteroatoms. The van der Waals surface area contributed by atoms with Crippen LogP contribution in [-0.2, 0) is 0 Å². The smallest absolute Gasteiger partial charge is 0.0127 e. The van der Waals surface area contributed by atoms with Gasteiger partial charge in [-0.15, -0.1) is 0 Å². The second-order valence-electron chi connectivity index (χ2n) is 4.33. The largest absolute Gasteiger partial charge is 0.309 e. The summed E-state index contributed by atoms with van der Waals surface area (Å²) in [6.45, 7) is 9.18. The van der Waals surface area contributed by atoms with Gasteiger partial charge in [-0.2, -0.15) is 0 Å². The van der Waals surface area contributed by atoms with Gasteiger partial charge in [0.15, 0.2) is 0 Å². The van der Waals surface area contributed by atoms with Crippen LogP contribution in [-0.4, -0.2) is 11.6 Å². The van der Waals surface area contributed by atoms with Crippen LogP contribution < -0.4 is 5.32 Å². The van der Waals surface area contributed by atoms with Crippen molar-refractivity contribution in [2.24, 2.45) is 5.92 Å². The zero-order valence-electron chi connectivity index (χ0n) is 7.57. The highest BCUT2D eigenvalue weighted by atomic mass is 15.0. The van der Waals surface area contributed by atoms with Crippen LogP contribution in [0.4, 0.5) is 0 Å². The van der Waals surface area contributed by atoms with Crippen molar-refractivity contribution in [1.82, 2.24) is 5.32 Å². The van der Waals surface area contributed by atoms with E-state index in [4.69, 9.17) is 0 Å². The van der Waals surface area contributed by atoms with Crippen LogP contribution in [0, 0.1) is 5.92 Å².